The molecule has 2 aromatic carbocycles. The Bertz CT molecular complexity index is 1120. The summed E-state index contributed by atoms with van der Waals surface area (Å²) >= 11 is 1.42. The molecule has 1 aromatic heterocycles. The fourth-order valence-electron chi connectivity index (χ4n) is 3.43. The summed E-state index contributed by atoms with van der Waals surface area (Å²) in [7, 11) is 0. The third kappa shape index (κ3) is 3.62. The standard InChI is InChI=1S/C21H17N3O4S/c1-13-11-15(4-6-17(13)24(27)28)20(25)22-16-5-7-18-14(12-16)8-9-23(18)21(26)19-3-2-10-29-19/h2-7,10-12H,8-9H2,1H3,(H,22,25). The molecule has 0 atom stereocenters. The Morgan fingerprint density at radius 2 is 2.00 bits per heavy atom. The van der Waals surface area contributed by atoms with Crippen LogP contribution in [0.25, 0.3) is 0 Å². The molecule has 3 aromatic rings. The van der Waals surface area contributed by atoms with E-state index in [1.807, 2.05) is 29.6 Å². The lowest BCUT2D eigenvalue weighted by Gasteiger charge is -2.16. The second-order valence-electron chi connectivity index (χ2n) is 6.74. The maximum Gasteiger partial charge on any atom is 0.272 e. The first-order chi connectivity index (χ1) is 13.9. The minimum absolute atomic E-state index is 0.0168. The summed E-state index contributed by atoms with van der Waals surface area (Å²) in [5.74, 6) is -0.357. The maximum absolute atomic E-state index is 12.6. The van der Waals surface area contributed by atoms with Crippen LogP contribution in [-0.2, 0) is 6.42 Å². The van der Waals surface area contributed by atoms with Crippen LogP contribution >= 0.6 is 11.3 Å². The molecule has 2 amide bonds. The molecule has 1 aliphatic rings. The molecule has 0 bridgehead atoms. The van der Waals surface area contributed by atoms with Gasteiger partial charge in [-0.3, -0.25) is 19.7 Å². The lowest BCUT2D eigenvalue weighted by atomic mass is 10.1. The average molecular weight is 407 g/mol. The van der Waals surface area contributed by atoms with Gasteiger partial charge in [0, 0.05) is 35.1 Å². The predicted molar refractivity (Wildman–Crippen MR) is 112 cm³/mol. The van der Waals surface area contributed by atoms with E-state index in [4.69, 9.17) is 0 Å². The monoisotopic (exact) mass is 407 g/mol. The van der Waals surface area contributed by atoms with Crippen molar-refractivity contribution in [1.29, 1.82) is 0 Å². The van der Waals surface area contributed by atoms with Crippen molar-refractivity contribution in [3.05, 3.63) is 85.6 Å². The van der Waals surface area contributed by atoms with Crippen molar-refractivity contribution >= 4 is 40.2 Å². The molecule has 1 aliphatic heterocycles. The van der Waals surface area contributed by atoms with Crippen molar-refractivity contribution in [2.24, 2.45) is 0 Å². The largest absolute Gasteiger partial charge is 0.322 e. The second kappa shape index (κ2) is 7.48. The molecule has 0 unspecified atom stereocenters. The van der Waals surface area contributed by atoms with Crippen LogP contribution < -0.4 is 10.2 Å². The van der Waals surface area contributed by atoms with Gasteiger partial charge in [0.25, 0.3) is 17.5 Å². The van der Waals surface area contributed by atoms with Crippen LogP contribution in [0.1, 0.15) is 31.2 Å². The highest BCUT2D eigenvalue weighted by molar-refractivity contribution is 7.12. The molecule has 0 aliphatic carbocycles. The molecule has 4 rings (SSSR count). The first kappa shape index (κ1) is 18.8. The van der Waals surface area contributed by atoms with Gasteiger partial charge in [-0.05, 0) is 60.7 Å². The van der Waals surface area contributed by atoms with Gasteiger partial charge < -0.3 is 10.2 Å². The lowest BCUT2D eigenvalue weighted by Crippen LogP contribution is -2.28. The SMILES string of the molecule is Cc1cc(C(=O)Nc2ccc3c(c2)CCN3C(=O)c2cccs2)ccc1[N+](=O)[O-]. The van der Waals surface area contributed by atoms with Crippen LogP contribution in [0.5, 0.6) is 0 Å². The number of benzene rings is 2. The smallest absolute Gasteiger partial charge is 0.272 e. The molecule has 0 fully saturated rings. The number of carbonyl (C=O) groups is 2. The summed E-state index contributed by atoms with van der Waals surface area (Å²) in [6.07, 6.45) is 0.715. The fourth-order valence-corrected chi connectivity index (χ4v) is 4.10. The molecule has 146 valence electrons. The molecule has 7 nitrogen and oxygen atoms in total. The molecular weight excluding hydrogens is 390 g/mol. The van der Waals surface area contributed by atoms with Gasteiger partial charge in [-0.25, -0.2) is 0 Å². The van der Waals surface area contributed by atoms with E-state index in [1.165, 1.54) is 29.5 Å². The number of nitro benzene ring substituents is 1. The third-order valence-corrected chi connectivity index (χ3v) is 5.72. The van der Waals surface area contributed by atoms with E-state index in [0.29, 0.717) is 34.7 Å². The zero-order chi connectivity index (χ0) is 20.5. The van der Waals surface area contributed by atoms with Crippen LogP contribution in [0.4, 0.5) is 17.1 Å². The van der Waals surface area contributed by atoms with Gasteiger partial charge in [-0.15, -0.1) is 11.3 Å². The Balaban J connectivity index is 1.51. The van der Waals surface area contributed by atoms with E-state index < -0.39 is 4.92 Å². The second-order valence-corrected chi connectivity index (χ2v) is 7.69. The van der Waals surface area contributed by atoms with Crippen molar-refractivity contribution < 1.29 is 14.5 Å². The highest BCUT2D eigenvalue weighted by Gasteiger charge is 2.26. The number of hydrogen-bond donors (Lipinski definition) is 1. The molecule has 0 saturated carbocycles. The highest BCUT2D eigenvalue weighted by Crippen LogP contribution is 2.32. The van der Waals surface area contributed by atoms with Gasteiger partial charge in [0.2, 0.25) is 0 Å². The van der Waals surface area contributed by atoms with Crippen molar-refractivity contribution in [3.63, 3.8) is 0 Å². The first-order valence-corrected chi connectivity index (χ1v) is 9.86. The van der Waals surface area contributed by atoms with E-state index in [2.05, 4.69) is 5.32 Å². The molecule has 8 heteroatoms. The van der Waals surface area contributed by atoms with Gasteiger partial charge >= 0.3 is 0 Å². The van der Waals surface area contributed by atoms with Crippen LogP contribution in [0.15, 0.2) is 53.9 Å². The third-order valence-electron chi connectivity index (χ3n) is 4.87. The lowest BCUT2D eigenvalue weighted by molar-refractivity contribution is -0.385. The number of hydrogen-bond acceptors (Lipinski definition) is 5. The highest BCUT2D eigenvalue weighted by atomic mass is 32.1. The Labute approximate surface area is 170 Å². The Kier molecular flexibility index (Phi) is 4.85. The number of fused-ring (bicyclic) bond motifs is 1. The van der Waals surface area contributed by atoms with E-state index in [-0.39, 0.29) is 17.5 Å². The Hall–Kier alpha value is -3.52. The van der Waals surface area contributed by atoms with E-state index in [0.717, 1.165) is 11.3 Å². The molecule has 0 saturated heterocycles. The molecule has 0 radical (unpaired) electrons. The number of thiophene rings is 1. The molecule has 1 N–H and O–H groups in total. The molecular formula is C21H17N3O4S. The van der Waals surface area contributed by atoms with Crippen molar-refractivity contribution in [2.75, 3.05) is 16.8 Å². The number of nitro groups is 1. The average Bonchev–Trinajstić information content (AvgIpc) is 3.37. The van der Waals surface area contributed by atoms with Crippen LogP contribution in [0.2, 0.25) is 0 Å². The quantitative estimate of drug-likeness (QED) is 0.512. The van der Waals surface area contributed by atoms with Crippen LogP contribution in [-0.4, -0.2) is 23.3 Å². The normalized spacial score (nSPS) is 12.5. The van der Waals surface area contributed by atoms with Crippen LogP contribution in [0.3, 0.4) is 0 Å². The summed E-state index contributed by atoms with van der Waals surface area (Å²) in [5.41, 5.74) is 3.23. The van der Waals surface area contributed by atoms with Gasteiger partial charge in [0.05, 0.1) is 9.80 Å². The molecule has 0 spiro atoms. The number of anilines is 2. The zero-order valence-electron chi connectivity index (χ0n) is 15.5. The number of amides is 2. The summed E-state index contributed by atoms with van der Waals surface area (Å²) in [5, 5.41) is 15.6. The van der Waals surface area contributed by atoms with Crippen molar-refractivity contribution in [3.8, 4) is 0 Å². The summed E-state index contributed by atoms with van der Waals surface area (Å²) in [4.78, 5) is 38.1. The molecule has 2 heterocycles. The van der Waals surface area contributed by atoms with Crippen LogP contribution in [0, 0.1) is 17.0 Å². The Morgan fingerprint density at radius 3 is 2.69 bits per heavy atom. The maximum atomic E-state index is 12.6. The summed E-state index contributed by atoms with van der Waals surface area (Å²) in [6.45, 7) is 2.20. The number of carbonyl (C=O) groups excluding carboxylic acids is 2. The van der Waals surface area contributed by atoms with E-state index in [9.17, 15) is 19.7 Å². The van der Waals surface area contributed by atoms with E-state index >= 15 is 0 Å². The van der Waals surface area contributed by atoms with Gasteiger partial charge in [0.1, 0.15) is 0 Å². The number of nitrogens with zero attached hydrogens (tertiary/aromatic N) is 2. The first-order valence-electron chi connectivity index (χ1n) is 8.99. The minimum atomic E-state index is -0.471. The fraction of sp³-hybridized carbons (Fsp3) is 0.143. The topological polar surface area (TPSA) is 92.6 Å². The van der Waals surface area contributed by atoms with Gasteiger partial charge in [-0.2, -0.15) is 0 Å². The molecule has 29 heavy (non-hydrogen) atoms. The number of nitrogens with one attached hydrogen (secondary N) is 1. The minimum Gasteiger partial charge on any atom is -0.322 e. The van der Waals surface area contributed by atoms with Gasteiger partial charge in [0.15, 0.2) is 0 Å². The number of aryl methyl sites for hydroxylation is 1. The summed E-state index contributed by atoms with van der Waals surface area (Å²) in [6, 6.07) is 13.4. The summed E-state index contributed by atoms with van der Waals surface area (Å²) < 4.78 is 0. The number of rotatable bonds is 4. The van der Waals surface area contributed by atoms with Crippen molar-refractivity contribution in [2.45, 2.75) is 13.3 Å². The van der Waals surface area contributed by atoms with Gasteiger partial charge in [-0.1, -0.05) is 6.07 Å². The zero-order valence-corrected chi connectivity index (χ0v) is 16.4. The Morgan fingerprint density at radius 1 is 1.17 bits per heavy atom. The van der Waals surface area contributed by atoms with E-state index in [1.54, 1.807) is 17.9 Å². The predicted octanol–water partition coefficient (Wildman–Crippen LogP) is 4.42. The van der Waals surface area contributed by atoms with Crippen molar-refractivity contribution in [1.82, 2.24) is 0 Å².